The zero-order chi connectivity index (χ0) is 19.3. The normalized spacial score (nSPS) is 27.9. The van der Waals surface area contributed by atoms with E-state index < -0.39 is 0 Å². The van der Waals surface area contributed by atoms with Gasteiger partial charge in [-0.05, 0) is 69.9 Å². The minimum absolute atomic E-state index is 0.201. The van der Waals surface area contributed by atoms with Gasteiger partial charge in [0.15, 0.2) is 0 Å². The fourth-order valence-electron chi connectivity index (χ4n) is 5.19. The van der Waals surface area contributed by atoms with Gasteiger partial charge in [0, 0.05) is 32.2 Å². The van der Waals surface area contributed by atoms with Gasteiger partial charge in [0.1, 0.15) is 18.0 Å². The molecule has 0 amide bonds. The van der Waals surface area contributed by atoms with E-state index in [0.29, 0.717) is 0 Å². The Kier molecular flexibility index (Phi) is 6.68. The van der Waals surface area contributed by atoms with E-state index in [1.807, 2.05) is 0 Å². The first kappa shape index (κ1) is 19.9. The first-order valence-electron chi connectivity index (χ1n) is 11.4. The van der Waals surface area contributed by atoms with Gasteiger partial charge >= 0.3 is 0 Å². The van der Waals surface area contributed by atoms with E-state index in [-0.39, 0.29) is 12.6 Å². The predicted molar refractivity (Wildman–Crippen MR) is 114 cm³/mol. The number of nitrogens with zero attached hydrogens (tertiary/aromatic N) is 5. The van der Waals surface area contributed by atoms with Crippen molar-refractivity contribution in [3.63, 3.8) is 0 Å². The summed E-state index contributed by atoms with van der Waals surface area (Å²) in [4.78, 5) is 16.6. The van der Waals surface area contributed by atoms with Crippen LogP contribution in [0.25, 0.3) is 0 Å². The number of likely N-dealkylation sites (tertiary alicyclic amines) is 1. The van der Waals surface area contributed by atoms with Crippen molar-refractivity contribution in [3.05, 3.63) is 12.4 Å². The molecule has 2 atom stereocenters. The van der Waals surface area contributed by atoms with Gasteiger partial charge < -0.3 is 19.8 Å². The molecule has 2 unspecified atom stereocenters. The third kappa shape index (κ3) is 4.77. The zero-order valence-corrected chi connectivity index (χ0v) is 17.5. The molecule has 1 aromatic rings. The van der Waals surface area contributed by atoms with Crippen LogP contribution in [0, 0.1) is 11.8 Å². The molecule has 6 heteroatoms. The van der Waals surface area contributed by atoms with Crippen molar-refractivity contribution >= 4 is 11.6 Å². The molecule has 1 aromatic heterocycles. The summed E-state index contributed by atoms with van der Waals surface area (Å²) >= 11 is 0. The maximum absolute atomic E-state index is 9.75. The summed E-state index contributed by atoms with van der Waals surface area (Å²) < 4.78 is 0. The van der Waals surface area contributed by atoms with Gasteiger partial charge in [-0.25, -0.2) is 9.97 Å². The monoisotopic (exact) mass is 387 g/mol. The number of hydrogen-bond donors (Lipinski definition) is 1. The van der Waals surface area contributed by atoms with Crippen molar-refractivity contribution in [1.29, 1.82) is 0 Å². The Morgan fingerprint density at radius 1 is 0.964 bits per heavy atom. The van der Waals surface area contributed by atoms with Crippen LogP contribution in [0.15, 0.2) is 12.4 Å². The Labute approximate surface area is 169 Å². The second-order valence-corrected chi connectivity index (χ2v) is 9.20. The van der Waals surface area contributed by atoms with Crippen LogP contribution in [0.1, 0.15) is 51.9 Å². The lowest BCUT2D eigenvalue weighted by molar-refractivity contribution is 0.159. The molecule has 0 bridgehead atoms. The van der Waals surface area contributed by atoms with Crippen molar-refractivity contribution in [2.45, 2.75) is 57.9 Å². The van der Waals surface area contributed by atoms with Gasteiger partial charge in [-0.3, -0.25) is 0 Å². The van der Waals surface area contributed by atoms with Crippen LogP contribution in [0.4, 0.5) is 11.6 Å². The Morgan fingerprint density at radius 3 is 2.61 bits per heavy atom. The second kappa shape index (κ2) is 9.40. The maximum atomic E-state index is 9.75. The Hall–Kier alpha value is -1.40. The van der Waals surface area contributed by atoms with Crippen LogP contribution in [-0.2, 0) is 0 Å². The van der Waals surface area contributed by atoms with Crippen LogP contribution in [-0.4, -0.2) is 71.9 Å². The van der Waals surface area contributed by atoms with Crippen molar-refractivity contribution in [2.75, 3.05) is 55.7 Å². The summed E-state index contributed by atoms with van der Waals surface area (Å²) in [6, 6.07) is 2.35. The number of anilines is 2. The lowest BCUT2D eigenvalue weighted by Gasteiger charge is -2.39. The lowest BCUT2D eigenvalue weighted by Crippen LogP contribution is -2.44. The molecule has 156 valence electrons. The minimum Gasteiger partial charge on any atom is -0.394 e. The SMILES string of the molecule is CC1CCN(CC2CCCN(c3cc(N4CCCCC4CO)ncn3)C2)CC1. The first-order valence-corrected chi connectivity index (χ1v) is 11.4. The molecule has 4 rings (SSSR count). The largest absolute Gasteiger partial charge is 0.394 e. The lowest BCUT2D eigenvalue weighted by atomic mass is 9.94. The standard InChI is InChI=1S/C22H37N5O/c1-18-7-11-25(12-8-18)14-19-5-4-9-26(15-19)21-13-22(24-17-23-21)27-10-3-2-6-20(27)16-28/h13,17-20,28H,2-12,14-16H2,1H3. The van der Waals surface area contributed by atoms with Crippen LogP contribution < -0.4 is 9.80 Å². The van der Waals surface area contributed by atoms with E-state index in [1.54, 1.807) is 6.33 Å². The smallest absolute Gasteiger partial charge is 0.134 e. The van der Waals surface area contributed by atoms with Crippen LogP contribution in [0.2, 0.25) is 0 Å². The molecule has 1 N–H and O–H groups in total. The first-order chi connectivity index (χ1) is 13.7. The third-order valence-corrected chi connectivity index (χ3v) is 7.01. The maximum Gasteiger partial charge on any atom is 0.134 e. The van der Waals surface area contributed by atoms with Gasteiger partial charge in [-0.2, -0.15) is 0 Å². The van der Waals surface area contributed by atoms with E-state index in [2.05, 4.69) is 37.7 Å². The highest BCUT2D eigenvalue weighted by molar-refractivity contribution is 5.51. The fourth-order valence-corrected chi connectivity index (χ4v) is 5.19. The van der Waals surface area contributed by atoms with Gasteiger partial charge in [0.25, 0.3) is 0 Å². The molecule has 0 aliphatic carbocycles. The molecule has 4 heterocycles. The molecule has 3 fully saturated rings. The van der Waals surface area contributed by atoms with Gasteiger partial charge in [-0.15, -0.1) is 0 Å². The molecule has 0 radical (unpaired) electrons. The summed E-state index contributed by atoms with van der Waals surface area (Å²) in [6.07, 6.45) is 10.4. The summed E-state index contributed by atoms with van der Waals surface area (Å²) in [5.74, 6) is 3.68. The van der Waals surface area contributed by atoms with E-state index in [4.69, 9.17) is 0 Å². The molecule has 0 saturated carbocycles. The number of rotatable bonds is 5. The molecule has 3 aliphatic heterocycles. The van der Waals surface area contributed by atoms with Crippen LogP contribution >= 0.6 is 0 Å². The number of hydrogen-bond acceptors (Lipinski definition) is 6. The summed E-state index contributed by atoms with van der Waals surface area (Å²) in [5.41, 5.74) is 0. The highest BCUT2D eigenvalue weighted by atomic mass is 16.3. The van der Waals surface area contributed by atoms with Crippen molar-refractivity contribution < 1.29 is 5.11 Å². The van der Waals surface area contributed by atoms with Gasteiger partial charge in [-0.1, -0.05) is 6.92 Å². The average molecular weight is 388 g/mol. The van der Waals surface area contributed by atoms with E-state index >= 15 is 0 Å². The molecule has 0 aromatic carbocycles. The van der Waals surface area contributed by atoms with Crippen LogP contribution in [0.5, 0.6) is 0 Å². The molecular weight excluding hydrogens is 350 g/mol. The fraction of sp³-hybridized carbons (Fsp3) is 0.818. The van der Waals surface area contributed by atoms with Crippen molar-refractivity contribution in [1.82, 2.24) is 14.9 Å². The topological polar surface area (TPSA) is 55.7 Å². The number of aliphatic hydroxyl groups excluding tert-OH is 1. The minimum atomic E-state index is 0.201. The zero-order valence-electron chi connectivity index (χ0n) is 17.5. The number of piperidine rings is 3. The Bertz CT molecular complexity index is 619. The highest BCUT2D eigenvalue weighted by Gasteiger charge is 2.27. The summed E-state index contributed by atoms with van der Waals surface area (Å²) in [7, 11) is 0. The van der Waals surface area contributed by atoms with Crippen molar-refractivity contribution in [3.8, 4) is 0 Å². The Morgan fingerprint density at radius 2 is 1.79 bits per heavy atom. The summed E-state index contributed by atoms with van der Waals surface area (Å²) in [6.45, 7) is 9.55. The highest BCUT2D eigenvalue weighted by Crippen LogP contribution is 2.28. The molecular formula is C22H37N5O. The Balaban J connectivity index is 1.39. The number of aromatic nitrogens is 2. The molecule has 3 saturated heterocycles. The molecule has 28 heavy (non-hydrogen) atoms. The van der Waals surface area contributed by atoms with Gasteiger partial charge in [0.05, 0.1) is 12.6 Å². The van der Waals surface area contributed by atoms with Gasteiger partial charge in [0.2, 0.25) is 0 Å². The van der Waals surface area contributed by atoms with E-state index in [0.717, 1.165) is 49.5 Å². The number of aliphatic hydroxyl groups is 1. The molecule has 3 aliphatic rings. The van der Waals surface area contributed by atoms with E-state index in [1.165, 1.54) is 58.2 Å². The third-order valence-electron chi connectivity index (χ3n) is 7.01. The second-order valence-electron chi connectivity index (χ2n) is 9.20. The predicted octanol–water partition coefficient (Wildman–Crippen LogP) is 2.78. The average Bonchev–Trinajstić information content (AvgIpc) is 2.76. The van der Waals surface area contributed by atoms with Crippen molar-refractivity contribution in [2.24, 2.45) is 11.8 Å². The quantitative estimate of drug-likeness (QED) is 0.838. The molecule has 6 nitrogen and oxygen atoms in total. The van der Waals surface area contributed by atoms with E-state index in [9.17, 15) is 5.11 Å². The molecule has 0 spiro atoms. The van der Waals surface area contributed by atoms with Crippen LogP contribution in [0.3, 0.4) is 0 Å². The summed E-state index contributed by atoms with van der Waals surface area (Å²) in [5, 5.41) is 9.75.